The van der Waals surface area contributed by atoms with Gasteiger partial charge in [0.15, 0.2) is 0 Å². The number of carbonyl (C=O) groups is 2. The van der Waals surface area contributed by atoms with Gasteiger partial charge in [-0.05, 0) is 26.0 Å². The molecule has 0 spiro atoms. The molecule has 0 aliphatic heterocycles. The second-order valence-corrected chi connectivity index (χ2v) is 5.19. The van der Waals surface area contributed by atoms with Crippen LogP contribution in [0.5, 0.6) is 0 Å². The third-order valence-corrected chi connectivity index (χ3v) is 3.15. The first-order valence-corrected chi connectivity index (χ1v) is 6.14. The number of nitrogens with zero attached hydrogens (tertiary/aromatic N) is 3. The normalized spacial score (nSPS) is 11.6. The van der Waals surface area contributed by atoms with E-state index in [1.54, 1.807) is 33.0 Å². The Morgan fingerprint density at radius 3 is 2.70 bits per heavy atom. The van der Waals surface area contributed by atoms with Crippen LogP contribution in [0.2, 0.25) is 0 Å². The van der Waals surface area contributed by atoms with Crippen molar-refractivity contribution < 1.29 is 14.7 Å². The van der Waals surface area contributed by atoms with E-state index in [0.717, 1.165) is 0 Å². The van der Waals surface area contributed by atoms with Gasteiger partial charge in [0.2, 0.25) is 5.91 Å². The van der Waals surface area contributed by atoms with Crippen LogP contribution in [-0.2, 0) is 11.3 Å². The summed E-state index contributed by atoms with van der Waals surface area (Å²) in [5, 5.41) is 19.7. The lowest BCUT2D eigenvalue weighted by molar-refractivity contribution is -0.129. The number of benzene rings is 1. The van der Waals surface area contributed by atoms with Gasteiger partial charge in [-0.15, -0.1) is 5.10 Å². The van der Waals surface area contributed by atoms with Crippen LogP contribution in [0.1, 0.15) is 24.2 Å². The SMILES string of the molecule is CNC(=O)C(C)(C)Cn1nnc2cccc(C(=O)O)c21. The third-order valence-electron chi connectivity index (χ3n) is 3.15. The number of nitrogens with one attached hydrogen (secondary N) is 1. The number of carboxylic acids is 1. The molecule has 0 fully saturated rings. The fraction of sp³-hybridized carbons (Fsp3) is 0.385. The van der Waals surface area contributed by atoms with Crippen LogP contribution in [0.15, 0.2) is 18.2 Å². The predicted molar refractivity (Wildman–Crippen MR) is 72.3 cm³/mol. The van der Waals surface area contributed by atoms with Gasteiger partial charge in [0.1, 0.15) is 11.0 Å². The number of hydrogen-bond acceptors (Lipinski definition) is 4. The van der Waals surface area contributed by atoms with Crippen LogP contribution in [0.3, 0.4) is 0 Å². The average molecular weight is 276 g/mol. The lowest BCUT2D eigenvalue weighted by atomic mass is 9.92. The fourth-order valence-electron chi connectivity index (χ4n) is 2.10. The Kier molecular flexibility index (Phi) is 3.44. The summed E-state index contributed by atoms with van der Waals surface area (Å²) in [5.41, 5.74) is 0.329. The number of aromatic nitrogens is 3. The summed E-state index contributed by atoms with van der Waals surface area (Å²) in [4.78, 5) is 23.1. The Labute approximate surface area is 115 Å². The smallest absolute Gasteiger partial charge is 0.337 e. The number of rotatable bonds is 4. The van der Waals surface area contributed by atoms with E-state index in [0.29, 0.717) is 11.0 Å². The molecule has 1 aromatic carbocycles. The minimum atomic E-state index is -1.04. The predicted octanol–water partition coefficient (Wildman–Crippen LogP) is 0.902. The number of carboxylic acid groups (broad SMARTS) is 1. The molecule has 2 N–H and O–H groups in total. The van der Waals surface area contributed by atoms with E-state index >= 15 is 0 Å². The molecule has 7 nitrogen and oxygen atoms in total. The maximum absolute atomic E-state index is 11.8. The molecule has 2 aromatic rings. The van der Waals surface area contributed by atoms with Crippen molar-refractivity contribution in [1.82, 2.24) is 20.3 Å². The first-order valence-electron chi connectivity index (χ1n) is 6.14. The van der Waals surface area contributed by atoms with E-state index in [1.165, 1.54) is 10.7 Å². The average Bonchev–Trinajstić information content (AvgIpc) is 2.80. The standard InChI is InChI=1S/C13H16N4O3/c1-13(2,12(20)14-3)7-17-10-8(11(18)19)5-4-6-9(10)15-16-17/h4-6H,7H2,1-3H3,(H,14,20)(H,18,19). The molecule has 1 heterocycles. The number of carbonyl (C=O) groups excluding carboxylic acids is 1. The van der Waals surface area contributed by atoms with E-state index in [4.69, 9.17) is 0 Å². The number of amides is 1. The molecule has 0 bridgehead atoms. The van der Waals surface area contributed by atoms with E-state index in [1.807, 2.05) is 0 Å². The molecule has 0 radical (unpaired) electrons. The van der Waals surface area contributed by atoms with Gasteiger partial charge in [0.25, 0.3) is 0 Å². The maximum Gasteiger partial charge on any atom is 0.337 e. The van der Waals surface area contributed by atoms with Crippen molar-refractivity contribution in [2.45, 2.75) is 20.4 Å². The Hall–Kier alpha value is -2.44. The zero-order valence-corrected chi connectivity index (χ0v) is 11.5. The highest BCUT2D eigenvalue weighted by Gasteiger charge is 2.29. The Balaban J connectivity index is 2.51. The van der Waals surface area contributed by atoms with Crippen LogP contribution in [-0.4, -0.2) is 39.0 Å². The topological polar surface area (TPSA) is 97.1 Å². The summed E-state index contributed by atoms with van der Waals surface area (Å²) in [5.74, 6) is -1.19. The highest BCUT2D eigenvalue weighted by atomic mass is 16.4. The molecule has 2 rings (SSSR count). The second-order valence-electron chi connectivity index (χ2n) is 5.19. The van der Waals surface area contributed by atoms with Crippen LogP contribution < -0.4 is 5.32 Å². The van der Waals surface area contributed by atoms with Crippen molar-refractivity contribution in [3.63, 3.8) is 0 Å². The Morgan fingerprint density at radius 1 is 1.40 bits per heavy atom. The molecule has 106 valence electrons. The first kappa shape index (κ1) is 14.0. The minimum absolute atomic E-state index is 0.125. The number of aromatic carboxylic acids is 1. The summed E-state index contributed by atoms with van der Waals surface area (Å²) in [7, 11) is 1.56. The molecule has 0 saturated heterocycles. The van der Waals surface area contributed by atoms with E-state index in [-0.39, 0.29) is 18.0 Å². The van der Waals surface area contributed by atoms with E-state index in [2.05, 4.69) is 15.6 Å². The van der Waals surface area contributed by atoms with Gasteiger partial charge in [-0.25, -0.2) is 9.48 Å². The van der Waals surface area contributed by atoms with E-state index < -0.39 is 11.4 Å². The molecule has 1 aromatic heterocycles. The molecule has 0 aliphatic carbocycles. The lowest BCUT2D eigenvalue weighted by Gasteiger charge is -2.22. The van der Waals surface area contributed by atoms with Gasteiger partial charge in [-0.3, -0.25) is 4.79 Å². The van der Waals surface area contributed by atoms with Gasteiger partial charge in [0.05, 0.1) is 17.5 Å². The quantitative estimate of drug-likeness (QED) is 0.864. The van der Waals surface area contributed by atoms with E-state index in [9.17, 15) is 14.7 Å². The summed E-state index contributed by atoms with van der Waals surface area (Å²) in [6.07, 6.45) is 0. The molecule has 0 aliphatic rings. The van der Waals surface area contributed by atoms with Gasteiger partial charge < -0.3 is 10.4 Å². The zero-order chi connectivity index (χ0) is 14.9. The molecule has 7 heteroatoms. The molecule has 0 atom stereocenters. The van der Waals surface area contributed by atoms with Gasteiger partial charge in [-0.2, -0.15) is 0 Å². The van der Waals surface area contributed by atoms with Gasteiger partial charge in [0, 0.05) is 7.05 Å². The largest absolute Gasteiger partial charge is 0.478 e. The molecule has 0 unspecified atom stereocenters. The van der Waals surface area contributed by atoms with Crippen molar-refractivity contribution >= 4 is 22.9 Å². The van der Waals surface area contributed by atoms with Crippen LogP contribution >= 0.6 is 0 Å². The molecule has 0 saturated carbocycles. The van der Waals surface area contributed by atoms with Crippen LogP contribution in [0.4, 0.5) is 0 Å². The van der Waals surface area contributed by atoms with Crippen molar-refractivity contribution in [2.24, 2.45) is 5.41 Å². The lowest BCUT2D eigenvalue weighted by Crippen LogP contribution is -2.38. The van der Waals surface area contributed by atoms with Crippen molar-refractivity contribution in [3.05, 3.63) is 23.8 Å². The molecule has 20 heavy (non-hydrogen) atoms. The fourth-order valence-corrected chi connectivity index (χ4v) is 2.10. The van der Waals surface area contributed by atoms with Gasteiger partial charge in [-0.1, -0.05) is 11.3 Å². The summed E-state index contributed by atoms with van der Waals surface area (Å²) in [6, 6.07) is 4.81. The summed E-state index contributed by atoms with van der Waals surface area (Å²) < 4.78 is 1.47. The number of fused-ring (bicyclic) bond motifs is 1. The highest BCUT2D eigenvalue weighted by Crippen LogP contribution is 2.23. The zero-order valence-electron chi connectivity index (χ0n) is 11.5. The van der Waals surface area contributed by atoms with Crippen LogP contribution in [0, 0.1) is 5.41 Å². The van der Waals surface area contributed by atoms with Gasteiger partial charge >= 0.3 is 5.97 Å². The summed E-state index contributed by atoms with van der Waals surface area (Å²) in [6.45, 7) is 3.78. The molecular weight excluding hydrogens is 260 g/mol. The van der Waals surface area contributed by atoms with Crippen molar-refractivity contribution in [2.75, 3.05) is 7.05 Å². The minimum Gasteiger partial charge on any atom is -0.478 e. The Morgan fingerprint density at radius 2 is 2.10 bits per heavy atom. The molecule has 1 amide bonds. The highest BCUT2D eigenvalue weighted by molar-refractivity contribution is 6.00. The van der Waals surface area contributed by atoms with Crippen molar-refractivity contribution in [3.8, 4) is 0 Å². The van der Waals surface area contributed by atoms with Crippen molar-refractivity contribution in [1.29, 1.82) is 0 Å². The maximum atomic E-state index is 11.8. The second kappa shape index (κ2) is 4.92. The van der Waals surface area contributed by atoms with Crippen LogP contribution in [0.25, 0.3) is 11.0 Å². The Bertz CT molecular complexity index is 675. The first-order chi connectivity index (χ1) is 9.36. The summed E-state index contributed by atoms with van der Waals surface area (Å²) >= 11 is 0. The number of hydrogen-bond donors (Lipinski definition) is 2. The monoisotopic (exact) mass is 276 g/mol. The number of para-hydroxylation sites is 1. The third kappa shape index (κ3) is 2.34. The molecular formula is C13H16N4O3.